The summed E-state index contributed by atoms with van der Waals surface area (Å²) in [6.45, 7) is 7.84. The summed E-state index contributed by atoms with van der Waals surface area (Å²) in [6.07, 6.45) is -0.0173. The van der Waals surface area contributed by atoms with Gasteiger partial charge in [-0.1, -0.05) is 75.4 Å². The maximum atomic E-state index is 13.3. The van der Waals surface area contributed by atoms with Crippen molar-refractivity contribution in [3.63, 3.8) is 0 Å². The Labute approximate surface area is 200 Å². The molecule has 8 nitrogen and oxygen atoms in total. The van der Waals surface area contributed by atoms with Crippen molar-refractivity contribution in [1.82, 2.24) is 15.1 Å². The quantitative estimate of drug-likeness (QED) is 0.585. The van der Waals surface area contributed by atoms with Crippen LogP contribution in [-0.2, 0) is 31.9 Å². The zero-order chi connectivity index (χ0) is 25.1. The minimum Gasteiger partial charge on any atom is -0.370 e. The minimum absolute atomic E-state index is 0.0173. The number of benzene rings is 2. The van der Waals surface area contributed by atoms with Gasteiger partial charge >= 0.3 is 6.03 Å². The van der Waals surface area contributed by atoms with E-state index in [1.54, 1.807) is 6.92 Å². The van der Waals surface area contributed by atoms with Gasteiger partial charge in [-0.3, -0.25) is 19.3 Å². The first-order chi connectivity index (χ1) is 15.9. The van der Waals surface area contributed by atoms with Gasteiger partial charge in [-0.15, -0.1) is 0 Å². The van der Waals surface area contributed by atoms with Crippen molar-refractivity contribution in [2.45, 2.75) is 51.6 Å². The Morgan fingerprint density at radius 3 is 2.21 bits per heavy atom. The van der Waals surface area contributed by atoms with Crippen molar-refractivity contribution in [2.75, 3.05) is 13.1 Å². The third-order valence-corrected chi connectivity index (χ3v) is 6.09. The predicted octanol–water partition coefficient (Wildman–Crippen LogP) is 2.66. The molecule has 8 heteroatoms. The number of hydrogen-bond acceptors (Lipinski definition) is 4. The van der Waals surface area contributed by atoms with E-state index in [1.807, 2.05) is 54.6 Å². The molecular weight excluding hydrogens is 432 g/mol. The molecule has 0 bridgehead atoms. The summed E-state index contributed by atoms with van der Waals surface area (Å²) in [6, 6.07) is 16.2. The van der Waals surface area contributed by atoms with E-state index in [9.17, 15) is 19.2 Å². The van der Waals surface area contributed by atoms with E-state index in [4.69, 9.17) is 5.73 Å². The molecule has 1 unspecified atom stereocenters. The Morgan fingerprint density at radius 1 is 1.03 bits per heavy atom. The molecule has 0 aromatic heterocycles. The zero-order valence-electron chi connectivity index (χ0n) is 20.1. The Hall–Kier alpha value is -3.68. The minimum atomic E-state index is -1.27. The standard InChI is InChI=1S/C26H32N4O4/c1-25(2,3)19-10-12-20(13-11-19)26(4)23(33)30(24(34)28-26)17-22(32)29(15-14-21(27)31)16-18-8-6-5-7-9-18/h5-13H,14-17H2,1-4H3,(H2,27,31)(H,28,34). The Balaban J connectivity index is 1.78. The largest absolute Gasteiger partial charge is 0.370 e. The SMILES string of the molecule is CC(C)(C)c1ccc(C2(C)NC(=O)N(CC(=O)N(CCC(N)=O)Cc3ccccc3)C2=O)cc1. The molecule has 1 heterocycles. The van der Waals surface area contributed by atoms with Crippen LogP contribution in [0.2, 0.25) is 0 Å². The van der Waals surface area contributed by atoms with Crippen LogP contribution in [0.5, 0.6) is 0 Å². The van der Waals surface area contributed by atoms with E-state index in [1.165, 1.54) is 4.90 Å². The maximum Gasteiger partial charge on any atom is 0.325 e. The summed E-state index contributed by atoms with van der Waals surface area (Å²) >= 11 is 0. The maximum absolute atomic E-state index is 13.3. The number of nitrogens with one attached hydrogen (secondary N) is 1. The summed E-state index contributed by atoms with van der Waals surface area (Å²) in [5.41, 5.74) is 6.56. The van der Waals surface area contributed by atoms with Gasteiger partial charge in [0.25, 0.3) is 5.91 Å². The second-order valence-corrected chi connectivity index (χ2v) is 9.79. The number of hydrogen-bond donors (Lipinski definition) is 2. The van der Waals surface area contributed by atoms with Crippen molar-refractivity contribution in [3.8, 4) is 0 Å². The summed E-state index contributed by atoms with van der Waals surface area (Å²) < 4.78 is 0. The molecule has 1 saturated heterocycles. The van der Waals surface area contributed by atoms with Crippen molar-refractivity contribution in [3.05, 3.63) is 71.3 Å². The highest BCUT2D eigenvalue weighted by Crippen LogP contribution is 2.31. The number of rotatable bonds is 8. The van der Waals surface area contributed by atoms with Crippen molar-refractivity contribution in [1.29, 1.82) is 0 Å². The number of primary amides is 1. The first-order valence-corrected chi connectivity index (χ1v) is 11.3. The molecule has 0 spiro atoms. The number of imide groups is 1. The number of carbonyl (C=O) groups is 4. The van der Waals surface area contributed by atoms with Gasteiger partial charge in [0, 0.05) is 19.5 Å². The molecule has 2 aromatic carbocycles. The molecule has 34 heavy (non-hydrogen) atoms. The smallest absolute Gasteiger partial charge is 0.325 e. The lowest BCUT2D eigenvalue weighted by molar-refractivity contribution is -0.139. The second-order valence-electron chi connectivity index (χ2n) is 9.79. The molecule has 1 fully saturated rings. The van der Waals surface area contributed by atoms with Gasteiger partial charge in [-0.2, -0.15) is 0 Å². The van der Waals surface area contributed by atoms with Crippen LogP contribution >= 0.6 is 0 Å². The van der Waals surface area contributed by atoms with Gasteiger partial charge in [0.1, 0.15) is 12.1 Å². The molecule has 180 valence electrons. The van der Waals surface area contributed by atoms with Crippen LogP contribution in [0.3, 0.4) is 0 Å². The summed E-state index contributed by atoms with van der Waals surface area (Å²) in [7, 11) is 0. The third-order valence-electron chi connectivity index (χ3n) is 6.09. The lowest BCUT2D eigenvalue weighted by atomic mass is 9.84. The number of amides is 5. The molecular formula is C26H32N4O4. The number of nitrogens with two attached hydrogens (primary N) is 1. The van der Waals surface area contributed by atoms with Crippen LogP contribution in [0.25, 0.3) is 0 Å². The highest BCUT2D eigenvalue weighted by molar-refractivity contribution is 6.09. The van der Waals surface area contributed by atoms with E-state index in [2.05, 4.69) is 26.1 Å². The van der Waals surface area contributed by atoms with Crippen molar-refractivity contribution < 1.29 is 19.2 Å². The zero-order valence-corrected chi connectivity index (χ0v) is 20.1. The van der Waals surface area contributed by atoms with Gasteiger partial charge in [0.05, 0.1) is 0 Å². The molecule has 1 aliphatic heterocycles. The fourth-order valence-electron chi connectivity index (χ4n) is 3.92. The fraction of sp³-hybridized carbons (Fsp3) is 0.385. The molecule has 1 atom stereocenters. The van der Waals surface area contributed by atoms with E-state index in [0.29, 0.717) is 5.56 Å². The third kappa shape index (κ3) is 5.44. The number of nitrogens with zero attached hydrogens (tertiary/aromatic N) is 2. The molecule has 3 rings (SSSR count). The monoisotopic (exact) mass is 464 g/mol. The Morgan fingerprint density at radius 2 is 1.65 bits per heavy atom. The van der Waals surface area contributed by atoms with Crippen molar-refractivity contribution in [2.24, 2.45) is 5.73 Å². The van der Waals surface area contributed by atoms with E-state index in [-0.39, 0.29) is 24.9 Å². The molecule has 0 saturated carbocycles. The van der Waals surface area contributed by atoms with Crippen LogP contribution in [-0.4, -0.2) is 46.6 Å². The van der Waals surface area contributed by atoms with Crippen LogP contribution < -0.4 is 11.1 Å². The normalized spacial score (nSPS) is 18.1. The van der Waals surface area contributed by atoms with Gasteiger partial charge < -0.3 is 16.0 Å². The van der Waals surface area contributed by atoms with Gasteiger partial charge in [-0.25, -0.2) is 4.79 Å². The summed E-state index contributed by atoms with van der Waals surface area (Å²) in [5, 5.41) is 2.74. The van der Waals surface area contributed by atoms with E-state index in [0.717, 1.165) is 16.0 Å². The van der Waals surface area contributed by atoms with Crippen LogP contribution in [0.4, 0.5) is 4.79 Å². The molecule has 5 amide bonds. The van der Waals surface area contributed by atoms with Gasteiger partial charge in [-0.05, 0) is 29.0 Å². The number of urea groups is 1. The average molecular weight is 465 g/mol. The predicted molar refractivity (Wildman–Crippen MR) is 128 cm³/mol. The summed E-state index contributed by atoms with van der Waals surface area (Å²) in [4.78, 5) is 52.8. The fourth-order valence-corrected chi connectivity index (χ4v) is 3.92. The highest BCUT2D eigenvalue weighted by atomic mass is 16.2. The molecule has 0 aliphatic carbocycles. The Bertz CT molecular complexity index is 1080. The molecule has 0 radical (unpaired) electrons. The second kappa shape index (κ2) is 9.67. The van der Waals surface area contributed by atoms with E-state index < -0.39 is 35.8 Å². The van der Waals surface area contributed by atoms with Crippen LogP contribution in [0, 0.1) is 0 Å². The molecule has 1 aliphatic rings. The lowest BCUT2D eigenvalue weighted by Crippen LogP contribution is -2.45. The van der Waals surface area contributed by atoms with E-state index >= 15 is 0 Å². The van der Waals surface area contributed by atoms with Crippen molar-refractivity contribution >= 4 is 23.8 Å². The van der Waals surface area contributed by atoms with Crippen LogP contribution in [0.1, 0.15) is 50.8 Å². The molecule has 3 N–H and O–H groups in total. The average Bonchev–Trinajstić information content (AvgIpc) is 3.00. The first kappa shape index (κ1) is 25.0. The van der Waals surface area contributed by atoms with Gasteiger partial charge in [0.15, 0.2) is 0 Å². The first-order valence-electron chi connectivity index (χ1n) is 11.3. The summed E-state index contributed by atoms with van der Waals surface area (Å²) in [5.74, 6) is -1.48. The highest BCUT2D eigenvalue weighted by Gasteiger charge is 2.49. The Kier molecular flexibility index (Phi) is 7.09. The lowest BCUT2D eigenvalue weighted by Gasteiger charge is -2.26. The topological polar surface area (TPSA) is 113 Å². The van der Waals surface area contributed by atoms with Crippen LogP contribution in [0.15, 0.2) is 54.6 Å². The number of carbonyl (C=O) groups excluding carboxylic acids is 4. The molecule has 2 aromatic rings. The van der Waals surface area contributed by atoms with Gasteiger partial charge in [0.2, 0.25) is 11.8 Å².